The van der Waals surface area contributed by atoms with Gasteiger partial charge in [-0.2, -0.15) is 0 Å². The van der Waals surface area contributed by atoms with Gasteiger partial charge in [0.05, 0.1) is 0 Å². The molecular weight excluding hydrogens is 174 g/mol. The van der Waals surface area contributed by atoms with Crippen molar-refractivity contribution in [2.24, 2.45) is 0 Å². The molecule has 2 rings (SSSR count). The zero-order chi connectivity index (χ0) is 9.80. The van der Waals surface area contributed by atoms with Crippen molar-refractivity contribution in [2.45, 2.75) is 25.8 Å². The molecule has 14 heavy (non-hydrogen) atoms. The standard InChI is InChI=1S/C12H17NO/c1-2-7-13-11-8-10-5-3-4-6-12(10)14-9-11/h3-6,11,13H,2,7-9H2,1H3/t11-/m1/s1. The summed E-state index contributed by atoms with van der Waals surface area (Å²) in [4.78, 5) is 0. The second-order valence-corrected chi connectivity index (χ2v) is 3.77. The van der Waals surface area contributed by atoms with Gasteiger partial charge in [-0.1, -0.05) is 25.1 Å². The molecule has 2 heteroatoms. The molecule has 0 bridgehead atoms. The highest BCUT2D eigenvalue weighted by atomic mass is 16.5. The Labute approximate surface area is 85.3 Å². The molecule has 0 spiro atoms. The van der Waals surface area contributed by atoms with Gasteiger partial charge < -0.3 is 10.1 Å². The molecule has 0 unspecified atom stereocenters. The summed E-state index contributed by atoms with van der Waals surface area (Å²) in [5.41, 5.74) is 1.33. The van der Waals surface area contributed by atoms with Gasteiger partial charge in [0.25, 0.3) is 0 Å². The molecule has 1 aliphatic heterocycles. The van der Waals surface area contributed by atoms with Crippen molar-refractivity contribution in [3.05, 3.63) is 29.8 Å². The van der Waals surface area contributed by atoms with E-state index in [9.17, 15) is 0 Å². The van der Waals surface area contributed by atoms with Gasteiger partial charge in [-0.25, -0.2) is 0 Å². The molecule has 0 aromatic heterocycles. The minimum atomic E-state index is 0.491. The average Bonchev–Trinajstić information content (AvgIpc) is 2.26. The van der Waals surface area contributed by atoms with Crippen molar-refractivity contribution in [3.63, 3.8) is 0 Å². The van der Waals surface area contributed by atoms with E-state index in [4.69, 9.17) is 4.74 Å². The Morgan fingerprint density at radius 2 is 2.29 bits per heavy atom. The van der Waals surface area contributed by atoms with E-state index in [1.807, 2.05) is 12.1 Å². The number of ether oxygens (including phenoxy) is 1. The molecule has 1 atom stereocenters. The highest BCUT2D eigenvalue weighted by Crippen LogP contribution is 2.23. The van der Waals surface area contributed by atoms with Crippen molar-refractivity contribution in [1.29, 1.82) is 0 Å². The molecule has 1 aromatic carbocycles. The van der Waals surface area contributed by atoms with Gasteiger partial charge in [0.2, 0.25) is 0 Å². The van der Waals surface area contributed by atoms with Crippen LogP contribution < -0.4 is 10.1 Å². The lowest BCUT2D eigenvalue weighted by atomic mass is 10.0. The fraction of sp³-hybridized carbons (Fsp3) is 0.500. The lowest BCUT2D eigenvalue weighted by molar-refractivity contribution is 0.239. The van der Waals surface area contributed by atoms with E-state index in [1.54, 1.807) is 0 Å². The van der Waals surface area contributed by atoms with E-state index in [2.05, 4.69) is 24.4 Å². The largest absolute Gasteiger partial charge is 0.492 e. The van der Waals surface area contributed by atoms with E-state index in [0.717, 1.165) is 25.3 Å². The summed E-state index contributed by atoms with van der Waals surface area (Å²) < 4.78 is 5.67. The maximum Gasteiger partial charge on any atom is 0.122 e. The van der Waals surface area contributed by atoms with Gasteiger partial charge in [-0.05, 0) is 31.0 Å². The zero-order valence-electron chi connectivity index (χ0n) is 8.62. The number of rotatable bonds is 3. The van der Waals surface area contributed by atoms with Crippen molar-refractivity contribution in [3.8, 4) is 5.75 Å². The Morgan fingerprint density at radius 1 is 1.43 bits per heavy atom. The van der Waals surface area contributed by atoms with Gasteiger partial charge in [0.15, 0.2) is 0 Å². The topological polar surface area (TPSA) is 21.3 Å². The summed E-state index contributed by atoms with van der Waals surface area (Å²) in [6, 6.07) is 8.79. The number of nitrogens with one attached hydrogen (secondary N) is 1. The van der Waals surface area contributed by atoms with E-state index in [0.29, 0.717) is 6.04 Å². The van der Waals surface area contributed by atoms with E-state index in [-0.39, 0.29) is 0 Å². The lowest BCUT2D eigenvalue weighted by Crippen LogP contribution is -2.39. The fourth-order valence-electron chi connectivity index (χ4n) is 1.81. The summed E-state index contributed by atoms with van der Waals surface area (Å²) in [6.45, 7) is 4.07. The third-order valence-electron chi connectivity index (χ3n) is 2.56. The minimum Gasteiger partial charge on any atom is -0.492 e. The maximum absolute atomic E-state index is 5.67. The highest BCUT2D eigenvalue weighted by molar-refractivity contribution is 5.35. The van der Waals surface area contributed by atoms with Crippen LogP contribution in [0, 0.1) is 0 Å². The normalized spacial score (nSPS) is 19.9. The van der Waals surface area contributed by atoms with Gasteiger partial charge in [0.1, 0.15) is 12.4 Å². The smallest absolute Gasteiger partial charge is 0.122 e. The van der Waals surface area contributed by atoms with Crippen LogP contribution in [0.1, 0.15) is 18.9 Å². The summed E-state index contributed by atoms with van der Waals surface area (Å²) in [6.07, 6.45) is 2.27. The minimum absolute atomic E-state index is 0.491. The van der Waals surface area contributed by atoms with E-state index < -0.39 is 0 Å². The fourth-order valence-corrected chi connectivity index (χ4v) is 1.81. The van der Waals surface area contributed by atoms with Crippen molar-refractivity contribution in [2.75, 3.05) is 13.2 Å². The summed E-state index contributed by atoms with van der Waals surface area (Å²) in [7, 11) is 0. The van der Waals surface area contributed by atoms with Crippen LogP contribution in [0.3, 0.4) is 0 Å². The molecule has 1 N–H and O–H groups in total. The number of hydrogen-bond donors (Lipinski definition) is 1. The van der Waals surface area contributed by atoms with Gasteiger partial charge in [-0.15, -0.1) is 0 Å². The Morgan fingerprint density at radius 3 is 3.14 bits per heavy atom. The van der Waals surface area contributed by atoms with Crippen LogP contribution in [0.25, 0.3) is 0 Å². The van der Waals surface area contributed by atoms with Crippen molar-refractivity contribution in [1.82, 2.24) is 5.32 Å². The first-order valence-corrected chi connectivity index (χ1v) is 5.34. The van der Waals surface area contributed by atoms with Crippen LogP contribution >= 0.6 is 0 Å². The Balaban J connectivity index is 1.99. The zero-order valence-corrected chi connectivity index (χ0v) is 8.62. The van der Waals surface area contributed by atoms with Crippen LogP contribution in [0.4, 0.5) is 0 Å². The SMILES string of the molecule is CCCN[C@H]1COc2ccccc2C1. The summed E-state index contributed by atoms with van der Waals surface area (Å²) in [5, 5.41) is 3.49. The third kappa shape index (κ3) is 2.07. The van der Waals surface area contributed by atoms with Gasteiger partial charge >= 0.3 is 0 Å². The van der Waals surface area contributed by atoms with Crippen molar-refractivity contribution < 1.29 is 4.74 Å². The summed E-state index contributed by atoms with van der Waals surface area (Å²) in [5.74, 6) is 1.06. The number of hydrogen-bond acceptors (Lipinski definition) is 2. The first-order chi connectivity index (χ1) is 6.90. The highest BCUT2D eigenvalue weighted by Gasteiger charge is 2.17. The van der Waals surface area contributed by atoms with Crippen LogP contribution in [-0.2, 0) is 6.42 Å². The van der Waals surface area contributed by atoms with Crippen molar-refractivity contribution >= 4 is 0 Å². The molecule has 1 aromatic rings. The molecule has 0 aliphatic carbocycles. The van der Waals surface area contributed by atoms with Gasteiger partial charge in [0, 0.05) is 6.04 Å². The number of benzene rings is 1. The quantitative estimate of drug-likeness (QED) is 0.789. The molecule has 76 valence electrons. The first kappa shape index (κ1) is 9.53. The molecule has 2 nitrogen and oxygen atoms in total. The Kier molecular flexibility index (Phi) is 3.04. The molecule has 0 amide bonds. The molecule has 1 aliphatic rings. The number of para-hydroxylation sites is 1. The average molecular weight is 191 g/mol. The van der Waals surface area contributed by atoms with Crippen LogP contribution in [0.5, 0.6) is 5.75 Å². The first-order valence-electron chi connectivity index (χ1n) is 5.34. The van der Waals surface area contributed by atoms with E-state index >= 15 is 0 Å². The summed E-state index contributed by atoms with van der Waals surface area (Å²) >= 11 is 0. The molecule has 0 radical (unpaired) electrons. The predicted molar refractivity (Wildman–Crippen MR) is 57.7 cm³/mol. The van der Waals surface area contributed by atoms with Crippen LogP contribution in [-0.4, -0.2) is 19.2 Å². The second kappa shape index (κ2) is 4.47. The molecule has 0 saturated heterocycles. The predicted octanol–water partition coefficient (Wildman–Crippen LogP) is 1.99. The molecule has 0 saturated carbocycles. The number of fused-ring (bicyclic) bond motifs is 1. The van der Waals surface area contributed by atoms with Crippen LogP contribution in [0.15, 0.2) is 24.3 Å². The molecular formula is C12H17NO. The molecule has 1 heterocycles. The second-order valence-electron chi connectivity index (χ2n) is 3.77. The lowest BCUT2D eigenvalue weighted by Gasteiger charge is -2.25. The van der Waals surface area contributed by atoms with Gasteiger partial charge in [-0.3, -0.25) is 0 Å². The Hall–Kier alpha value is -1.02. The Bertz CT molecular complexity index is 298. The third-order valence-corrected chi connectivity index (χ3v) is 2.56. The molecule has 0 fully saturated rings. The maximum atomic E-state index is 5.67. The van der Waals surface area contributed by atoms with E-state index in [1.165, 1.54) is 12.0 Å². The monoisotopic (exact) mass is 191 g/mol. The van der Waals surface area contributed by atoms with Crippen LogP contribution in [0.2, 0.25) is 0 Å².